The van der Waals surface area contributed by atoms with Crippen molar-refractivity contribution in [2.24, 2.45) is 57.8 Å². The zero-order valence-corrected chi connectivity index (χ0v) is 30.8. The molecule has 0 spiro atoms. The Balaban J connectivity index is 1.19. The lowest BCUT2D eigenvalue weighted by molar-refractivity contribution is -0.0581. The monoisotopic (exact) mass is 643 g/mol. The van der Waals surface area contributed by atoms with E-state index in [-0.39, 0.29) is 12.2 Å². The Morgan fingerprint density at radius 3 is 2.37 bits per heavy atom. The number of nitrogens with zero attached hydrogens (tertiary/aromatic N) is 1. The van der Waals surface area contributed by atoms with E-state index in [2.05, 4.69) is 50.9 Å². The first-order valence-corrected chi connectivity index (χ1v) is 19.9. The molecule has 4 aliphatic rings. The summed E-state index contributed by atoms with van der Waals surface area (Å²) in [5, 5.41) is 3.06. The molecule has 0 aliphatic heterocycles. The summed E-state index contributed by atoms with van der Waals surface area (Å²) >= 11 is 0. The summed E-state index contributed by atoms with van der Waals surface area (Å²) in [4.78, 5) is 15.3. The van der Waals surface area contributed by atoms with Crippen molar-refractivity contribution in [1.82, 2.24) is 10.2 Å². The molecule has 4 aliphatic carbocycles. The second kappa shape index (κ2) is 18.0. The number of hydrogen-bond acceptors (Lipinski definition) is 5. The zero-order chi connectivity index (χ0) is 33.2. The fraction of sp³-hybridized carbons (Fsp3) is 0.925. The quantitative estimate of drug-likeness (QED) is 0.0968. The lowest BCUT2D eigenvalue weighted by atomic mass is 9.47. The number of ether oxygens (including phenoxy) is 1. The van der Waals surface area contributed by atoms with Crippen LogP contribution in [-0.4, -0.2) is 56.4 Å². The topological polar surface area (TPSA) is 93.6 Å². The van der Waals surface area contributed by atoms with E-state index in [9.17, 15) is 4.79 Å². The molecule has 0 radical (unpaired) electrons. The third-order valence-electron chi connectivity index (χ3n) is 13.6. The van der Waals surface area contributed by atoms with Crippen molar-refractivity contribution in [2.75, 3.05) is 39.3 Å². The van der Waals surface area contributed by atoms with Crippen LogP contribution in [0.4, 0.5) is 4.79 Å². The van der Waals surface area contributed by atoms with Gasteiger partial charge < -0.3 is 26.4 Å². The number of allylic oxidation sites excluding steroid dienone is 1. The van der Waals surface area contributed by atoms with Crippen LogP contribution < -0.4 is 16.8 Å². The van der Waals surface area contributed by atoms with Gasteiger partial charge in [-0.2, -0.15) is 0 Å². The highest BCUT2D eigenvalue weighted by molar-refractivity contribution is 5.67. The Hall–Kier alpha value is -1.11. The number of carbonyl (C=O) groups excluding carboxylic acids is 1. The van der Waals surface area contributed by atoms with Crippen LogP contribution in [0, 0.1) is 46.3 Å². The van der Waals surface area contributed by atoms with Gasteiger partial charge in [-0.15, -0.1) is 0 Å². The molecule has 4 rings (SSSR count). The lowest BCUT2D eigenvalue weighted by Crippen LogP contribution is -2.51. The third-order valence-corrected chi connectivity index (χ3v) is 13.6. The fourth-order valence-electron chi connectivity index (χ4n) is 10.9. The van der Waals surface area contributed by atoms with Gasteiger partial charge in [-0.3, -0.25) is 0 Å². The molecule has 0 aromatic heterocycles. The summed E-state index contributed by atoms with van der Waals surface area (Å²) in [6.45, 7) is 18.1. The summed E-state index contributed by atoms with van der Waals surface area (Å²) in [5.74, 6) is 5.15. The van der Waals surface area contributed by atoms with Crippen molar-refractivity contribution < 1.29 is 9.53 Å². The van der Waals surface area contributed by atoms with Crippen LogP contribution in [0.15, 0.2) is 11.6 Å². The van der Waals surface area contributed by atoms with Crippen molar-refractivity contribution in [1.29, 1.82) is 0 Å². The first-order chi connectivity index (χ1) is 22.1. The number of rotatable bonds is 19. The molecule has 8 atom stereocenters. The Bertz CT molecular complexity index is 954. The molecular formula is C40H74N4O2. The van der Waals surface area contributed by atoms with Gasteiger partial charge in [0.15, 0.2) is 0 Å². The highest BCUT2D eigenvalue weighted by Gasteiger charge is 2.59. The second-order valence-electron chi connectivity index (χ2n) is 17.0. The van der Waals surface area contributed by atoms with Crippen molar-refractivity contribution >= 4 is 6.09 Å². The van der Waals surface area contributed by atoms with E-state index in [4.69, 9.17) is 16.2 Å². The molecule has 0 unspecified atom stereocenters. The molecule has 266 valence electrons. The maximum atomic E-state index is 12.7. The largest absolute Gasteiger partial charge is 0.446 e. The smallest absolute Gasteiger partial charge is 0.407 e. The Morgan fingerprint density at radius 2 is 1.63 bits per heavy atom. The van der Waals surface area contributed by atoms with Gasteiger partial charge in [0.1, 0.15) is 6.10 Å². The van der Waals surface area contributed by atoms with Crippen LogP contribution >= 0.6 is 0 Å². The highest BCUT2D eigenvalue weighted by atomic mass is 16.6. The van der Waals surface area contributed by atoms with Crippen LogP contribution in [0.25, 0.3) is 0 Å². The number of carbonyl (C=O) groups is 1. The van der Waals surface area contributed by atoms with E-state index in [1.807, 2.05) is 0 Å². The average Bonchev–Trinajstić information content (AvgIpc) is 3.38. The standard InChI is InChI=1S/C40H74N4O2/c1-30(2)13-11-14-31(3)35-17-18-36-34-16-15-32-29-33(19-21-39(32,4)37(34)20-22-40(35,36)5)46-38(45)43-25-8-6-9-26-44(28-12-24-42)27-10-7-23-41/h15,30-31,33-37H,6-14,16-29,41-42H2,1-5H3,(H,43,45)/t31-,33+,34+,35-,36+,37+,39+,40-/m1/s1. The Kier molecular flexibility index (Phi) is 14.8. The van der Waals surface area contributed by atoms with Crippen molar-refractivity contribution in [2.45, 2.75) is 150 Å². The van der Waals surface area contributed by atoms with Crippen molar-refractivity contribution in [3.63, 3.8) is 0 Å². The lowest BCUT2D eigenvalue weighted by Gasteiger charge is -2.58. The molecule has 0 aromatic rings. The molecule has 0 aromatic carbocycles. The first kappa shape index (κ1) is 37.7. The van der Waals surface area contributed by atoms with Crippen molar-refractivity contribution in [3.05, 3.63) is 11.6 Å². The molecule has 6 nitrogen and oxygen atoms in total. The number of hydrogen-bond donors (Lipinski definition) is 3. The number of nitrogens with one attached hydrogen (secondary N) is 1. The number of amides is 1. The molecule has 0 heterocycles. The van der Waals surface area contributed by atoms with Crippen LogP contribution in [-0.2, 0) is 4.74 Å². The van der Waals surface area contributed by atoms with E-state index < -0.39 is 0 Å². The molecular weight excluding hydrogens is 568 g/mol. The van der Waals surface area contributed by atoms with Crippen LogP contribution in [0.3, 0.4) is 0 Å². The Labute approximate surface area is 284 Å². The van der Waals surface area contributed by atoms with Gasteiger partial charge in [-0.1, -0.05) is 72.0 Å². The highest BCUT2D eigenvalue weighted by Crippen LogP contribution is 2.67. The Morgan fingerprint density at radius 1 is 0.891 bits per heavy atom. The van der Waals surface area contributed by atoms with E-state index in [1.165, 1.54) is 57.8 Å². The van der Waals surface area contributed by atoms with Crippen LogP contribution in [0.1, 0.15) is 144 Å². The average molecular weight is 643 g/mol. The van der Waals surface area contributed by atoms with E-state index >= 15 is 0 Å². The molecule has 3 fully saturated rings. The zero-order valence-electron chi connectivity index (χ0n) is 30.8. The van der Waals surface area contributed by atoms with Crippen LogP contribution in [0.2, 0.25) is 0 Å². The number of nitrogens with two attached hydrogens (primary N) is 2. The maximum Gasteiger partial charge on any atom is 0.407 e. The first-order valence-electron chi connectivity index (χ1n) is 19.9. The molecule has 6 heteroatoms. The summed E-state index contributed by atoms with van der Waals surface area (Å²) in [6, 6.07) is 0. The summed E-state index contributed by atoms with van der Waals surface area (Å²) < 4.78 is 6.02. The van der Waals surface area contributed by atoms with Gasteiger partial charge in [0, 0.05) is 13.0 Å². The van der Waals surface area contributed by atoms with Gasteiger partial charge in [0.2, 0.25) is 0 Å². The molecule has 0 bridgehead atoms. The summed E-state index contributed by atoms with van der Waals surface area (Å²) in [7, 11) is 0. The fourth-order valence-corrected chi connectivity index (χ4v) is 10.9. The summed E-state index contributed by atoms with van der Waals surface area (Å²) in [5.41, 5.74) is 13.8. The predicted octanol–water partition coefficient (Wildman–Crippen LogP) is 8.68. The predicted molar refractivity (Wildman–Crippen MR) is 194 cm³/mol. The van der Waals surface area contributed by atoms with Gasteiger partial charge >= 0.3 is 6.09 Å². The van der Waals surface area contributed by atoms with E-state index in [0.29, 0.717) is 17.4 Å². The van der Waals surface area contributed by atoms with Gasteiger partial charge in [-0.25, -0.2) is 4.79 Å². The van der Waals surface area contributed by atoms with Gasteiger partial charge in [0.25, 0.3) is 0 Å². The maximum absolute atomic E-state index is 12.7. The third kappa shape index (κ3) is 9.53. The van der Waals surface area contributed by atoms with Gasteiger partial charge in [0.05, 0.1) is 0 Å². The SMILES string of the molecule is CC(C)CCC[C@@H](C)[C@H]1CC[C@H]2[C@@H]3CC=C4C[C@@H](OC(=O)NCCCCCN(CCCN)CCCCN)CC[C@]4(C)[C@H]3CC[C@]12C. The van der Waals surface area contributed by atoms with E-state index in [0.717, 1.165) is 120 Å². The van der Waals surface area contributed by atoms with Gasteiger partial charge in [-0.05, 0) is 156 Å². The minimum Gasteiger partial charge on any atom is -0.446 e. The number of unbranched alkanes of at least 4 members (excludes halogenated alkanes) is 3. The number of alkyl carbamates (subject to hydrolysis) is 1. The molecule has 3 saturated carbocycles. The minimum absolute atomic E-state index is 0.0249. The second-order valence-corrected chi connectivity index (χ2v) is 17.0. The van der Waals surface area contributed by atoms with E-state index in [1.54, 1.807) is 5.57 Å². The normalized spacial score (nSPS) is 32.9. The van der Waals surface area contributed by atoms with Crippen LogP contribution in [0.5, 0.6) is 0 Å². The summed E-state index contributed by atoms with van der Waals surface area (Å²) in [6.07, 6.45) is 23.3. The minimum atomic E-state index is -0.220. The molecule has 0 saturated heterocycles. The molecule has 5 N–H and O–H groups in total. The molecule has 1 amide bonds. The van der Waals surface area contributed by atoms with Crippen molar-refractivity contribution in [3.8, 4) is 0 Å². The molecule has 46 heavy (non-hydrogen) atoms. The number of fused-ring (bicyclic) bond motifs is 5.